The topological polar surface area (TPSA) is 26.3 Å². The molecule has 0 N–H and O–H groups in total. The molecule has 0 saturated carbocycles. The van der Waals surface area contributed by atoms with Gasteiger partial charge < -0.3 is 4.74 Å². The van der Waals surface area contributed by atoms with Crippen molar-refractivity contribution >= 4 is 28.6 Å². The fraction of sp³-hybridized carbons (Fsp3) is 0.300. The van der Waals surface area contributed by atoms with E-state index < -0.39 is 12.6 Å². The van der Waals surface area contributed by atoms with Crippen molar-refractivity contribution in [2.45, 2.75) is 6.42 Å². The van der Waals surface area contributed by atoms with Gasteiger partial charge in [0.25, 0.3) is 0 Å². The Morgan fingerprint density at radius 2 is 2.43 bits per heavy atom. The number of benzene rings is 1. The summed E-state index contributed by atoms with van der Waals surface area (Å²) in [7, 11) is 1.31. The Morgan fingerprint density at radius 1 is 1.71 bits per heavy atom. The van der Waals surface area contributed by atoms with Crippen molar-refractivity contribution in [1.29, 1.82) is 0 Å². The molecule has 4 heteroatoms. The molecule has 1 rings (SSSR count). The summed E-state index contributed by atoms with van der Waals surface area (Å²) in [6.07, 6.45) is 0.316. The number of ether oxygens (including phenoxy) is 1. The van der Waals surface area contributed by atoms with Crippen LogP contribution in [-0.2, 0) is 11.2 Å². The first-order valence-electron chi connectivity index (χ1n) is 4.04. The zero-order chi connectivity index (χ0) is 10.6. The number of hydrogen-bond donors (Lipinski definition) is 0. The summed E-state index contributed by atoms with van der Waals surface area (Å²) in [4.78, 5) is 11.2. The summed E-state index contributed by atoms with van der Waals surface area (Å²) in [6.45, 7) is -0.430. The normalized spacial score (nSPS) is 9.93. The van der Waals surface area contributed by atoms with Crippen molar-refractivity contribution in [3.05, 3.63) is 32.9 Å². The molecule has 75 valence electrons. The van der Waals surface area contributed by atoms with Gasteiger partial charge in [-0.05, 0) is 34.2 Å². The van der Waals surface area contributed by atoms with Crippen LogP contribution < -0.4 is 0 Å². The molecule has 1 aromatic carbocycles. The molecular formula is C10H9FIO2. The molecular weight excluding hydrogens is 298 g/mol. The van der Waals surface area contributed by atoms with E-state index in [1.54, 1.807) is 12.1 Å². The lowest BCUT2D eigenvalue weighted by Gasteiger charge is -2.06. The Labute approximate surface area is 95.6 Å². The van der Waals surface area contributed by atoms with Gasteiger partial charge in [-0.15, -0.1) is 0 Å². The minimum Gasteiger partial charge on any atom is -0.465 e. The van der Waals surface area contributed by atoms with E-state index in [1.807, 2.05) is 22.6 Å². The lowest BCUT2D eigenvalue weighted by atomic mass is 10.1. The number of carbonyl (C=O) groups is 1. The van der Waals surface area contributed by atoms with Gasteiger partial charge in [0.2, 0.25) is 0 Å². The zero-order valence-electron chi connectivity index (χ0n) is 7.64. The summed E-state index contributed by atoms with van der Waals surface area (Å²) in [5, 5.41) is 0. The average Bonchev–Trinajstić information content (AvgIpc) is 2.20. The molecule has 0 fully saturated rings. The molecule has 0 aliphatic heterocycles. The lowest BCUT2D eigenvalue weighted by molar-refractivity contribution is 0.0599. The molecule has 1 aromatic rings. The van der Waals surface area contributed by atoms with Crippen LogP contribution in [0.1, 0.15) is 15.9 Å². The van der Waals surface area contributed by atoms with E-state index >= 15 is 0 Å². The standard InChI is InChI=1S/C10H9FIO2/c1-14-10(13)8-4-2-3-7(5-6-11)9(8)12/h2-3H,5-6H2,1H3. The smallest absolute Gasteiger partial charge is 0.339 e. The molecule has 0 spiro atoms. The third-order valence-corrected chi connectivity index (χ3v) is 3.00. The van der Waals surface area contributed by atoms with E-state index in [4.69, 9.17) is 0 Å². The van der Waals surface area contributed by atoms with Crippen molar-refractivity contribution in [2.24, 2.45) is 0 Å². The molecule has 0 unspecified atom stereocenters. The van der Waals surface area contributed by atoms with E-state index in [0.717, 1.165) is 9.13 Å². The molecule has 0 amide bonds. The van der Waals surface area contributed by atoms with Crippen LogP contribution in [0.5, 0.6) is 0 Å². The lowest BCUT2D eigenvalue weighted by Crippen LogP contribution is -2.06. The fourth-order valence-corrected chi connectivity index (χ4v) is 1.89. The van der Waals surface area contributed by atoms with Gasteiger partial charge in [-0.3, -0.25) is 4.39 Å². The fourth-order valence-electron chi connectivity index (χ4n) is 1.07. The van der Waals surface area contributed by atoms with Gasteiger partial charge in [0, 0.05) is 9.99 Å². The number of alkyl halides is 1. The average molecular weight is 307 g/mol. The number of halogens is 2. The van der Waals surface area contributed by atoms with Gasteiger partial charge >= 0.3 is 5.97 Å². The minimum absolute atomic E-state index is 0.316. The number of esters is 1. The van der Waals surface area contributed by atoms with Crippen LogP contribution in [0.2, 0.25) is 0 Å². The van der Waals surface area contributed by atoms with Crippen LogP contribution in [0.25, 0.3) is 0 Å². The largest absolute Gasteiger partial charge is 0.465 e. The molecule has 0 aliphatic carbocycles. The van der Waals surface area contributed by atoms with E-state index in [1.165, 1.54) is 7.11 Å². The number of rotatable bonds is 3. The quantitative estimate of drug-likeness (QED) is 0.633. The van der Waals surface area contributed by atoms with Gasteiger partial charge in [-0.1, -0.05) is 12.1 Å². The second-order valence-electron chi connectivity index (χ2n) is 2.62. The second kappa shape index (κ2) is 5.29. The van der Waals surface area contributed by atoms with Crippen LogP contribution in [-0.4, -0.2) is 19.8 Å². The zero-order valence-corrected chi connectivity index (χ0v) is 9.80. The van der Waals surface area contributed by atoms with E-state index in [-0.39, 0.29) is 0 Å². The van der Waals surface area contributed by atoms with Gasteiger partial charge in [-0.25, -0.2) is 4.79 Å². The summed E-state index contributed by atoms with van der Waals surface area (Å²) in [5.41, 5.74) is 1.19. The van der Waals surface area contributed by atoms with Crippen LogP contribution >= 0.6 is 22.6 Å². The maximum Gasteiger partial charge on any atom is 0.339 e. The van der Waals surface area contributed by atoms with E-state index in [2.05, 4.69) is 10.8 Å². The van der Waals surface area contributed by atoms with Gasteiger partial charge in [0.15, 0.2) is 0 Å². The molecule has 1 radical (unpaired) electrons. The highest BCUT2D eigenvalue weighted by Gasteiger charge is 2.12. The maximum atomic E-state index is 12.1. The molecule has 0 bridgehead atoms. The first-order valence-corrected chi connectivity index (χ1v) is 5.12. The van der Waals surface area contributed by atoms with Crippen LogP contribution in [0.3, 0.4) is 0 Å². The van der Waals surface area contributed by atoms with Crippen molar-refractivity contribution in [2.75, 3.05) is 13.8 Å². The number of methoxy groups -OCH3 is 1. The Balaban J connectivity index is 3.07. The monoisotopic (exact) mass is 307 g/mol. The predicted molar refractivity (Wildman–Crippen MR) is 59.0 cm³/mol. The van der Waals surface area contributed by atoms with E-state index in [0.29, 0.717) is 12.0 Å². The van der Waals surface area contributed by atoms with Gasteiger partial charge in [-0.2, -0.15) is 0 Å². The van der Waals surface area contributed by atoms with Crippen molar-refractivity contribution in [3.63, 3.8) is 0 Å². The Morgan fingerprint density at radius 3 is 3.00 bits per heavy atom. The van der Waals surface area contributed by atoms with Gasteiger partial charge in [0.05, 0.1) is 19.3 Å². The van der Waals surface area contributed by atoms with Crippen LogP contribution in [0.15, 0.2) is 12.1 Å². The number of carbonyl (C=O) groups excluding carboxylic acids is 1. The molecule has 0 saturated heterocycles. The second-order valence-corrected chi connectivity index (χ2v) is 3.70. The molecule has 0 atom stereocenters. The maximum absolute atomic E-state index is 12.1. The number of aryl methyl sites for hydroxylation is 1. The van der Waals surface area contributed by atoms with Crippen molar-refractivity contribution in [1.82, 2.24) is 0 Å². The SMILES string of the molecule is COC(=O)c1[c]ccc(CCF)c1I. The molecule has 0 heterocycles. The van der Waals surface area contributed by atoms with Crippen LogP contribution in [0, 0.1) is 9.64 Å². The Kier molecular flexibility index (Phi) is 4.31. The van der Waals surface area contributed by atoms with Crippen molar-refractivity contribution < 1.29 is 13.9 Å². The minimum atomic E-state index is -0.435. The third kappa shape index (κ3) is 2.43. The summed E-state index contributed by atoms with van der Waals surface area (Å²) < 4.78 is 17.4. The van der Waals surface area contributed by atoms with Gasteiger partial charge in [0.1, 0.15) is 0 Å². The molecule has 14 heavy (non-hydrogen) atoms. The predicted octanol–water partition coefficient (Wildman–Crippen LogP) is 2.39. The van der Waals surface area contributed by atoms with E-state index in [9.17, 15) is 9.18 Å². The first-order chi connectivity index (χ1) is 6.70. The summed E-state index contributed by atoms with van der Waals surface area (Å²) >= 11 is 2.00. The highest BCUT2D eigenvalue weighted by molar-refractivity contribution is 14.1. The molecule has 0 aromatic heterocycles. The Hall–Kier alpha value is -0.650. The third-order valence-electron chi connectivity index (χ3n) is 1.77. The molecule has 0 aliphatic rings. The summed E-state index contributed by atoms with van der Waals surface area (Å²) in [6, 6.07) is 6.15. The first kappa shape index (κ1) is 11.4. The van der Waals surface area contributed by atoms with Crippen LogP contribution in [0.4, 0.5) is 4.39 Å². The number of hydrogen-bond acceptors (Lipinski definition) is 2. The highest BCUT2D eigenvalue weighted by Crippen LogP contribution is 2.18. The Bertz CT molecular complexity index is 339. The van der Waals surface area contributed by atoms with Crippen molar-refractivity contribution in [3.8, 4) is 0 Å². The molecule has 2 nitrogen and oxygen atoms in total. The summed E-state index contributed by atoms with van der Waals surface area (Å²) in [5.74, 6) is -0.435. The highest BCUT2D eigenvalue weighted by atomic mass is 127.